The molecule has 37 heavy (non-hydrogen) atoms. The number of H-pyrrole nitrogens is 1. The third-order valence-electron chi connectivity index (χ3n) is 6.70. The molecule has 0 bridgehead atoms. The highest BCUT2D eigenvalue weighted by atomic mass is 35.5. The number of amides is 1. The van der Waals surface area contributed by atoms with Crippen molar-refractivity contribution in [3.05, 3.63) is 93.6 Å². The van der Waals surface area contributed by atoms with E-state index in [-0.39, 0.29) is 11.7 Å². The summed E-state index contributed by atoms with van der Waals surface area (Å²) in [5, 5.41) is 18.7. The van der Waals surface area contributed by atoms with Crippen molar-refractivity contribution >= 4 is 17.5 Å². The first-order valence-corrected chi connectivity index (χ1v) is 12.5. The van der Waals surface area contributed by atoms with Crippen LogP contribution in [0.2, 0.25) is 5.02 Å². The van der Waals surface area contributed by atoms with Crippen molar-refractivity contribution in [1.29, 1.82) is 0 Å². The highest BCUT2D eigenvalue weighted by Gasteiger charge is 2.42. The van der Waals surface area contributed by atoms with Gasteiger partial charge in [0.05, 0.1) is 19.8 Å². The normalized spacial score (nSPS) is 14.6. The maximum atomic E-state index is 13.6. The van der Waals surface area contributed by atoms with Crippen LogP contribution in [0.4, 0.5) is 0 Å². The fourth-order valence-electron chi connectivity index (χ4n) is 4.79. The summed E-state index contributed by atoms with van der Waals surface area (Å²) in [5.41, 5.74) is 4.90. The van der Waals surface area contributed by atoms with Gasteiger partial charge in [0, 0.05) is 22.7 Å². The van der Waals surface area contributed by atoms with Crippen LogP contribution >= 0.6 is 11.6 Å². The van der Waals surface area contributed by atoms with Gasteiger partial charge in [-0.05, 0) is 73.4 Å². The van der Waals surface area contributed by atoms with Crippen LogP contribution in [0, 0.1) is 6.92 Å². The molecule has 0 saturated carbocycles. The fourth-order valence-corrected chi connectivity index (χ4v) is 4.95. The zero-order valence-electron chi connectivity index (χ0n) is 20.9. The average molecular weight is 518 g/mol. The molecule has 1 aliphatic heterocycles. The van der Waals surface area contributed by atoms with Crippen LogP contribution in [0.1, 0.15) is 45.7 Å². The number of ether oxygens (including phenoxy) is 2. The van der Waals surface area contributed by atoms with E-state index in [2.05, 4.69) is 10.2 Å². The molecular formula is C29H28ClN3O4. The Balaban J connectivity index is 1.56. The van der Waals surface area contributed by atoms with Crippen LogP contribution in [0.25, 0.3) is 11.3 Å². The molecule has 0 saturated heterocycles. The maximum absolute atomic E-state index is 13.6. The minimum Gasteiger partial charge on any atom is -0.507 e. The van der Waals surface area contributed by atoms with Gasteiger partial charge < -0.3 is 19.5 Å². The summed E-state index contributed by atoms with van der Waals surface area (Å²) in [6.07, 6.45) is 0.665. The number of hydrogen-bond acceptors (Lipinski definition) is 5. The van der Waals surface area contributed by atoms with Gasteiger partial charge in [0.1, 0.15) is 28.6 Å². The Morgan fingerprint density at radius 2 is 1.78 bits per heavy atom. The number of hydrogen-bond donors (Lipinski definition) is 2. The van der Waals surface area contributed by atoms with E-state index in [1.54, 1.807) is 19.2 Å². The number of carbonyl (C=O) groups is 1. The first-order valence-electron chi connectivity index (χ1n) is 12.2. The van der Waals surface area contributed by atoms with Crippen LogP contribution in [-0.2, 0) is 6.42 Å². The Hall–Kier alpha value is -3.97. The van der Waals surface area contributed by atoms with Crippen LogP contribution < -0.4 is 9.47 Å². The summed E-state index contributed by atoms with van der Waals surface area (Å²) in [7, 11) is 1.64. The molecule has 2 N–H and O–H groups in total. The van der Waals surface area contributed by atoms with Crippen molar-refractivity contribution in [3.63, 3.8) is 0 Å². The number of aromatic amines is 1. The van der Waals surface area contributed by atoms with Gasteiger partial charge in [-0.1, -0.05) is 35.9 Å². The molecule has 3 aromatic carbocycles. The molecule has 7 nitrogen and oxygen atoms in total. The van der Waals surface area contributed by atoms with E-state index in [0.29, 0.717) is 41.5 Å². The molecule has 1 aromatic heterocycles. The largest absolute Gasteiger partial charge is 0.507 e. The Morgan fingerprint density at radius 1 is 1.08 bits per heavy atom. The number of carbonyl (C=O) groups excluding carboxylic acids is 1. The second kappa shape index (κ2) is 10.2. The molecule has 8 heteroatoms. The highest BCUT2D eigenvalue weighted by molar-refractivity contribution is 6.31. The number of halogens is 1. The van der Waals surface area contributed by atoms with Crippen LogP contribution in [-0.4, -0.2) is 46.4 Å². The lowest BCUT2D eigenvalue weighted by molar-refractivity contribution is 0.0746. The monoisotopic (exact) mass is 517 g/mol. The summed E-state index contributed by atoms with van der Waals surface area (Å²) < 4.78 is 10.9. The van der Waals surface area contributed by atoms with Gasteiger partial charge in [-0.15, -0.1) is 0 Å². The number of aromatic nitrogens is 2. The Bertz CT molecular complexity index is 1430. The van der Waals surface area contributed by atoms with Gasteiger partial charge >= 0.3 is 0 Å². The van der Waals surface area contributed by atoms with E-state index >= 15 is 0 Å². The predicted molar refractivity (Wildman–Crippen MR) is 143 cm³/mol. The molecule has 1 aliphatic rings. The van der Waals surface area contributed by atoms with Gasteiger partial charge in [0.2, 0.25) is 0 Å². The molecule has 0 radical (unpaired) electrons. The van der Waals surface area contributed by atoms with E-state index in [0.717, 1.165) is 33.8 Å². The van der Waals surface area contributed by atoms with E-state index in [9.17, 15) is 9.90 Å². The van der Waals surface area contributed by atoms with Crippen molar-refractivity contribution < 1.29 is 19.4 Å². The lowest BCUT2D eigenvalue weighted by Crippen LogP contribution is -2.31. The van der Waals surface area contributed by atoms with Gasteiger partial charge in [-0.2, -0.15) is 5.10 Å². The van der Waals surface area contributed by atoms with E-state index in [1.807, 2.05) is 67.3 Å². The number of rotatable bonds is 8. The van der Waals surface area contributed by atoms with E-state index in [1.165, 1.54) is 0 Å². The number of nitrogens with one attached hydrogen (secondary N) is 1. The Kier molecular flexibility index (Phi) is 6.80. The molecule has 5 rings (SSSR count). The molecule has 1 amide bonds. The predicted octanol–water partition coefficient (Wildman–Crippen LogP) is 5.94. The standard InChI is InChI=1S/C29H28ClN3O4/c1-4-37-21-11-7-19(8-12-21)28-25-26(22-16-23(30)17(2)15-24(22)34)31-32-27(25)29(35)33(28)14-13-18-5-9-20(36-3)10-6-18/h5-12,15-16,28,34H,4,13-14H2,1-3H3,(H,31,32)/t28-/m1/s1. The third-order valence-corrected chi connectivity index (χ3v) is 7.11. The van der Waals surface area contributed by atoms with Crippen LogP contribution in [0.15, 0.2) is 60.7 Å². The Morgan fingerprint density at radius 3 is 2.46 bits per heavy atom. The third kappa shape index (κ3) is 4.62. The first kappa shape index (κ1) is 24.7. The number of fused-ring (bicyclic) bond motifs is 1. The minimum atomic E-state index is -0.398. The van der Waals surface area contributed by atoms with Gasteiger partial charge in [0.15, 0.2) is 0 Å². The van der Waals surface area contributed by atoms with Crippen molar-refractivity contribution in [2.75, 3.05) is 20.3 Å². The summed E-state index contributed by atoms with van der Waals surface area (Å²) in [5.74, 6) is 1.47. The highest BCUT2D eigenvalue weighted by Crippen LogP contribution is 2.45. The zero-order chi connectivity index (χ0) is 26.1. The number of nitrogens with zero attached hydrogens (tertiary/aromatic N) is 2. The molecule has 0 aliphatic carbocycles. The van der Waals surface area contributed by atoms with Crippen LogP contribution in [0.5, 0.6) is 17.2 Å². The number of phenols is 1. The summed E-state index contributed by atoms with van der Waals surface area (Å²) in [4.78, 5) is 15.5. The molecule has 0 spiro atoms. The summed E-state index contributed by atoms with van der Waals surface area (Å²) in [6.45, 7) is 4.83. The SMILES string of the molecule is CCOc1ccc([C@@H]2c3c(-c4cc(Cl)c(C)cc4O)n[nH]c3C(=O)N2CCc2ccc(OC)cc2)cc1. The van der Waals surface area contributed by atoms with Gasteiger partial charge in [0.25, 0.3) is 5.91 Å². The number of phenolic OH excluding ortho intramolecular Hbond substituents is 1. The lowest BCUT2D eigenvalue weighted by Gasteiger charge is -2.27. The topological polar surface area (TPSA) is 87.7 Å². The number of aromatic hydroxyl groups is 1. The van der Waals surface area contributed by atoms with Gasteiger partial charge in [-0.25, -0.2) is 0 Å². The van der Waals surface area contributed by atoms with E-state index in [4.69, 9.17) is 21.1 Å². The molecule has 0 fully saturated rings. The average Bonchev–Trinajstić information content (AvgIpc) is 3.44. The van der Waals surface area contributed by atoms with Crippen molar-refractivity contribution in [2.24, 2.45) is 0 Å². The van der Waals surface area contributed by atoms with Crippen LogP contribution in [0.3, 0.4) is 0 Å². The maximum Gasteiger partial charge on any atom is 0.273 e. The Labute approximate surface area is 220 Å². The zero-order valence-corrected chi connectivity index (χ0v) is 21.7. The number of aryl methyl sites for hydroxylation is 1. The summed E-state index contributed by atoms with van der Waals surface area (Å²) in [6, 6.07) is 18.5. The second-order valence-corrected chi connectivity index (χ2v) is 9.39. The van der Waals surface area contributed by atoms with Gasteiger partial charge in [-0.3, -0.25) is 9.89 Å². The molecule has 4 aromatic rings. The van der Waals surface area contributed by atoms with Crippen molar-refractivity contribution in [3.8, 4) is 28.5 Å². The van der Waals surface area contributed by atoms with Crippen molar-refractivity contribution in [2.45, 2.75) is 26.3 Å². The van der Waals surface area contributed by atoms with Crippen molar-refractivity contribution in [1.82, 2.24) is 15.1 Å². The molecular weight excluding hydrogens is 490 g/mol. The minimum absolute atomic E-state index is 0.0609. The van der Waals surface area contributed by atoms with E-state index < -0.39 is 6.04 Å². The summed E-state index contributed by atoms with van der Waals surface area (Å²) >= 11 is 6.40. The lowest BCUT2D eigenvalue weighted by atomic mass is 9.95. The number of benzene rings is 3. The number of methoxy groups -OCH3 is 1. The molecule has 0 unspecified atom stereocenters. The quantitative estimate of drug-likeness (QED) is 0.302. The smallest absolute Gasteiger partial charge is 0.273 e. The second-order valence-electron chi connectivity index (χ2n) is 8.98. The fraction of sp³-hybridized carbons (Fsp3) is 0.241. The molecule has 1 atom stereocenters. The first-order chi connectivity index (χ1) is 17.9. The molecule has 2 heterocycles. The molecule has 190 valence electrons.